The van der Waals surface area contributed by atoms with Crippen LogP contribution in [0.4, 0.5) is 0 Å². The lowest BCUT2D eigenvalue weighted by Crippen LogP contribution is -2.35. The molecule has 0 bridgehead atoms. The highest BCUT2D eigenvalue weighted by molar-refractivity contribution is 7.98. The molecule has 1 aromatic heterocycles. The number of aromatic nitrogens is 1. The largest absolute Gasteiger partial charge is 0.350 e. The molecule has 1 fully saturated rings. The van der Waals surface area contributed by atoms with E-state index in [1.165, 1.54) is 11.8 Å². The number of carbonyl (C=O) groups is 1. The van der Waals surface area contributed by atoms with Gasteiger partial charge in [-0.1, -0.05) is 29.8 Å². The van der Waals surface area contributed by atoms with E-state index in [0.29, 0.717) is 33.6 Å². The molecule has 7 heteroatoms. The van der Waals surface area contributed by atoms with Crippen LogP contribution in [0.2, 0.25) is 5.02 Å². The van der Waals surface area contributed by atoms with Crippen LogP contribution in [0.5, 0.6) is 0 Å². The Labute approximate surface area is 175 Å². The molecule has 1 saturated carbocycles. The maximum atomic E-state index is 13.0. The Kier molecular flexibility index (Phi) is 6.61. The predicted octanol–water partition coefficient (Wildman–Crippen LogP) is 4.24. The standard InChI is InChI=1S/C21H23ClN4OS/c1-26(2)19(14-6-4-5-7-17(14)22)12-24-20(27)15-10-18(13-8-9-13)25-21(28-3)16(15)11-23/h4-7,10,13,19H,8-9,12H2,1-3H3,(H,24,27). The van der Waals surface area contributed by atoms with Crippen LogP contribution in [0.3, 0.4) is 0 Å². The first-order chi connectivity index (χ1) is 13.5. The van der Waals surface area contributed by atoms with Gasteiger partial charge in [-0.3, -0.25) is 4.79 Å². The average Bonchev–Trinajstić information content (AvgIpc) is 3.53. The molecule has 0 radical (unpaired) electrons. The lowest BCUT2D eigenvalue weighted by Gasteiger charge is -2.26. The summed E-state index contributed by atoms with van der Waals surface area (Å²) in [6, 6.07) is 11.5. The van der Waals surface area contributed by atoms with Crippen LogP contribution in [0.15, 0.2) is 35.4 Å². The summed E-state index contributed by atoms with van der Waals surface area (Å²) in [6.45, 7) is 0.385. The second-order valence-corrected chi connectivity index (χ2v) is 8.28. The topological polar surface area (TPSA) is 69.0 Å². The maximum Gasteiger partial charge on any atom is 0.252 e. The number of likely N-dealkylation sites (N-methyl/N-ethyl adjacent to an activating group) is 1. The van der Waals surface area contributed by atoms with E-state index in [0.717, 1.165) is 24.1 Å². The fourth-order valence-corrected chi connectivity index (χ4v) is 3.98. The average molecular weight is 415 g/mol. The van der Waals surface area contributed by atoms with Crippen LogP contribution in [0.25, 0.3) is 0 Å². The Hall–Kier alpha value is -2.07. The second-order valence-electron chi connectivity index (χ2n) is 7.08. The molecule has 0 spiro atoms. The molecule has 1 amide bonds. The van der Waals surface area contributed by atoms with Gasteiger partial charge in [-0.05, 0) is 50.9 Å². The normalized spacial score (nSPS) is 14.6. The number of nitriles is 1. The van der Waals surface area contributed by atoms with Gasteiger partial charge in [-0.2, -0.15) is 5.26 Å². The third-order valence-electron chi connectivity index (χ3n) is 4.90. The molecule has 146 valence electrons. The molecule has 28 heavy (non-hydrogen) atoms. The van der Waals surface area contributed by atoms with Crippen LogP contribution in [-0.4, -0.2) is 42.7 Å². The van der Waals surface area contributed by atoms with Gasteiger partial charge in [0, 0.05) is 23.2 Å². The van der Waals surface area contributed by atoms with Crippen molar-refractivity contribution in [3.8, 4) is 6.07 Å². The number of hydrogen-bond acceptors (Lipinski definition) is 5. The summed E-state index contributed by atoms with van der Waals surface area (Å²) >= 11 is 7.75. The van der Waals surface area contributed by atoms with Crippen molar-refractivity contribution in [2.45, 2.75) is 29.8 Å². The summed E-state index contributed by atoms with van der Waals surface area (Å²) in [4.78, 5) is 19.6. The lowest BCUT2D eigenvalue weighted by atomic mass is 10.0. The number of benzene rings is 1. The van der Waals surface area contributed by atoms with E-state index in [1.54, 1.807) is 6.07 Å². The van der Waals surface area contributed by atoms with Gasteiger partial charge >= 0.3 is 0 Å². The Bertz CT molecular complexity index is 921. The van der Waals surface area contributed by atoms with Crippen molar-refractivity contribution in [1.82, 2.24) is 15.2 Å². The first-order valence-electron chi connectivity index (χ1n) is 9.14. The molecule has 1 aliphatic rings. The van der Waals surface area contributed by atoms with Crippen molar-refractivity contribution in [2.24, 2.45) is 0 Å². The van der Waals surface area contributed by atoms with Crippen molar-refractivity contribution in [3.05, 3.63) is 57.7 Å². The summed E-state index contributed by atoms with van der Waals surface area (Å²) in [5.41, 5.74) is 2.60. The van der Waals surface area contributed by atoms with Gasteiger partial charge in [0.05, 0.1) is 17.2 Å². The lowest BCUT2D eigenvalue weighted by molar-refractivity contribution is 0.0941. The van der Waals surface area contributed by atoms with Crippen molar-refractivity contribution < 1.29 is 4.79 Å². The zero-order chi connectivity index (χ0) is 20.3. The molecule has 1 unspecified atom stereocenters. The Morgan fingerprint density at radius 3 is 2.71 bits per heavy atom. The number of thioether (sulfide) groups is 1. The number of carbonyl (C=O) groups excluding carboxylic acids is 1. The third-order valence-corrected chi connectivity index (χ3v) is 5.92. The van der Waals surface area contributed by atoms with Crippen molar-refractivity contribution in [3.63, 3.8) is 0 Å². The molecule has 1 N–H and O–H groups in total. The molecule has 1 aromatic carbocycles. The number of rotatable bonds is 7. The van der Waals surface area contributed by atoms with Gasteiger partial charge in [-0.15, -0.1) is 11.8 Å². The summed E-state index contributed by atoms with van der Waals surface area (Å²) in [6.07, 6.45) is 4.05. The molecule has 0 saturated heterocycles. The van der Waals surface area contributed by atoms with Crippen LogP contribution >= 0.6 is 23.4 Å². The van der Waals surface area contributed by atoms with Gasteiger partial charge in [0.1, 0.15) is 11.1 Å². The first kappa shape index (κ1) is 20.7. The van der Waals surface area contributed by atoms with E-state index in [1.807, 2.05) is 49.5 Å². The molecule has 2 aromatic rings. The zero-order valence-corrected chi connectivity index (χ0v) is 17.8. The minimum atomic E-state index is -0.255. The smallest absolute Gasteiger partial charge is 0.252 e. The quantitative estimate of drug-likeness (QED) is 0.686. The first-order valence-corrected chi connectivity index (χ1v) is 10.7. The number of pyridine rings is 1. The zero-order valence-electron chi connectivity index (χ0n) is 16.2. The monoisotopic (exact) mass is 414 g/mol. The minimum absolute atomic E-state index is 0.0760. The van der Waals surface area contributed by atoms with Gasteiger partial charge in [0.15, 0.2) is 0 Å². The minimum Gasteiger partial charge on any atom is -0.350 e. The molecule has 1 atom stereocenters. The van der Waals surface area contributed by atoms with Gasteiger partial charge in [-0.25, -0.2) is 4.98 Å². The van der Waals surface area contributed by atoms with Crippen molar-refractivity contribution in [1.29, 1.82) is 5.26 Å². The highest BCUT2D eigenvalue weighted by atomic mass is 35.5. The molecule has 1 heterocycles. The molecular weight excluding hydrogens is 392 g/mol. The van der Waals surface area contributed by atoms with Crippen molar-refractivity contribution in [2.75, 3.05) is 26.9 Å². The van der Waals surface area contributed by atoms with E-state index in [9.17, 15) is 10.1 Å². The predicted molar refractivity (Wildman–Crippen MR) is 113 cm³/mol. The van der Waals surface area contributed by atoms with Crippen LogP contribution < -0.4 is 5.32 Å². The van der Waals surface area contributed by atoms with E-state index < -0.39 is 0 Å². The molecular formula is C21H23ClN4OS. The summed E-state index contributed by atoms with van der Waals surface area (Å²) in [5.74, 6) is 0.151. The molecule has 0 aliphatic heterocycles. The highest BCUT2D eigenvalue weighted by Crippen LogP contribution is 2.40. The van der Waals surface area contributed by atoms with Gasteiger partial charge in [0.25, 0.3) is 5.91 Å². The van der Waals surface area contributed by atoms with Crippen LogP contribution in [-0.2, 0) is 0 Å². The van der Waals surface area contributed by atoms with Crippen LogP contribution in [0.1, 0.15) is 52.0 Å². The number of halogens is 1. The summed E-state index contributed by atoms with van der Waals surface area (Å²) in [5, 5.41) is 13.9. The van der Waals surface area contributed by atoms with Crippen LogP contribution in [0, 0.1) is 11.3 Å². The summed E-state index contributed by atoms with van der Waals surface area (Å²) < 4.78 is 0. The molecule has 5 nitrogen and oxygen atoms in total. The highest BCUT2D eigenvalue weighted by Gasteiger charge is 2.29. The second kappa shape index (κ2) is 8.95. The SMILES string of the molecule is CSc1nc(C2CC2)cc(C(=O)NCC(c2ccccc2Cl)N(C)C)c1C#N. The van der Waals surface area contributed by atoms with Gasteiger partial charge < -0.3 is 10.2 Å². The number of nitrogens with zero attached hydrogens (tertiary/aromatic N) is 3. The fourth-order valence-electron chi connectivity index (χ4n) is 3.16. The number of nitrogens with one attached hydrogen (secondary N) is 1. The fraction of sp³-hybridized carbons (Fsp3) is 0.381. The van der Waals surface area contributed by atoms with E-state index in [4.69, 9.17) is 11.6 Å². The Balaban J connectivity index is 1.85. The van der Waals surface area contributed by atoms with E-state index in [-0.39, 0.29) is 11.9 Å². The Morgan fingerprint density at radius 2 is 2.14 bits per heavy atom. The third kappa shape index (κ3) is 4.49. The van der Waals surface area contributed by atoms with Gasteiger partial charge in [0.2, 0.25) is 0 Å². The number of hydrogen-bond donors (Lipinski definition) is 1. The van der Waals surface area contributed by atoms with E-state index >= 15 is 0 Å². The van der Waals surface area contributed by atoms with Crippen molar-refractivity contribution >= 4 is 29.3 Å². The number of amides is 1. The Morgan fingerprint density at radius 1 is 1.43 bits per heavy atom. The summed E-state index contributed by atoms with van der Waals surface area (Å²) in [7, 11) is 3.90. The molecule has 1 aliphatic carbocycles. The molecule has 3 rings (SSSR count). The maximum absolute atomic E-state index is 13.0. The van der Waals surface area contributed by atoms with E-state index in [2.05, 4.69) is 16.4 Å².